The topological polar surface area (TPSA) is 51.0 Å². The Bertz CT molecular complexity index is 1050. The summed E-state index contributed by atoms with van der Waals surface area (Å²) in [7, 11) is 0. The number of aromatic nitrogens is 2. The van der Waals surface area contributed by atoms with Gasteiger partial charge in [-0.2, -0.15) is 0 Å². The molecular formula is C19H14FN3OS. The second-order valence-corrected chi connectivity index (χ2v) is 7.19. The molecule has 1 saturated carbocycles. The molecule has 2 aromatic heterocycles. The molecule has 6 heteroatoms. The van der Waals surface area contributed by atoms with Crippen molar-refractivity contribution >= 4 is 26.7 Å². The molecule has 2 heterocycles. The van der Waals surface area contributed by atoms with Gasteiger partial charge < -0.3 is 9.73 Å². The summed E-state index contributed by atoms with van der Waals surface area (Å²) in [6, 6.07) is 12.9. The van der Waals surface area contributed by atoms with Gasteiger partial charge in [0, 0.05) is 17.2 Å². The minimum Gasteiger partial charge on any atom is -0.443 e. The largest absolute Gasteiger partial charge is 0.443 e. The molecule has 4 aromatic rings. The van der Waals surface area contributed by atoms with Crippen LogP contribution in [0.1, 0.15) is 12.8 Å². The average molecular weight is 351 g/mol. The van der Waals surface area contributed by atoms with Gasteiger partial charge >= 0.3 is 0 Å². The first-order valence-electron chi connectivity index (χ1n) is 8.13. The number of thiazole rings is 1. The Morgan fingerprint density at radius 1 is 1.08 bits per heavy atom. The predicted molar refractivity (Wildman–Crippen MR) is 97.2 cm³/mol. The van der Waals surface area contributed by atoms with Gasteiger partial charge in [-0.3, -0.25) is 0 Å². The Labute approximate surface area is 147 Å². The van der Waals surface area contributed by atoms with Crippen LogP contribution in [-0.2, 0) is 0 Å². The van der Waals surface area contributed by atoms with Crippen LogP contribution < -0.4 is 5.32 Å². The number of halogens is 1. The first-order chi connectivity index (χ1) is 12.3. The summed E-state index contributed by atoms with van der Waals surface area (Å²) in [5, 5.41) is 4.40. The molecule has 0 aliphatic heterocycles. The molecule has 1 N–H and O–H groups in total. The molecule has 0 bridgehead atoms. The first-order valence-corrected chi connectivity index (χ1v) is 8.95. The van der Waals surface area contributed by atoms with Gasteiger partial charge in [0.15, 0.2) is 17.3 Å². The molecular weight excluding hydrogens is 337 g/mol. The summed E-state index contributed by atoms with van der Waals surface area (Å²) in [5.74, 6) is 0.411. The fourth-order valence-corrected chi connectivity index (χ4v) is 3.78. The van der Waals surface area contributed by atoms with E-state index >= 15 is 0 Å². The van der Waals surface area contributed by atoms with Crippen molar-refractivity contribution in [1.82, 2.24) is 9.97 Å². The molecule has 0 radical (unpaired) electrons. The van der Waals surface area contributed by atoms with Crippen molar-refractivity contribution in [3.05, 3.63) is 54.7 Å². The van der Waals surface area contributed by atoms with Crippen molar-refractivity contribution < 1.29 is 8.81 Å². The van der Waals surface area contributed by atoms with E-state index in [1.165, 1.54) is 31.4 Å². The van der Waals surface area contributed by atoms with Crippen molar-refractivity contribution in [2.75, 3.05) is 5.32 Å². The monoisotopic (exact) mass is 351 g/mol. The number of nitrogens with zero attached hydrogens (tertiary/aromatic N) is 2. The SMILES string of the molecule is Fc1ccc(-c2ncoc2-c2ccc3nc(NC4CC4)sc3c2)cc1. The van der Waals surface area contributed by atoms with Crippen molar-refractivity contribution in [2.24, 2.45) is 0 Å². The molecule has 0 amide bonds. The van der Waals surface area contributed by atoms with Crippen molar-refractivity contribution in [1.29, 1.82) is 0 Å². The smallest absolute Gasteiger partial charge is 0.184 e. The van der Waals surface area contributed by atoms with Gasteiger partial charge in [-0.15, -0.1) is 0 Å². The number of oxazole rings is 1. The number of nitrogens with one attached hydrogen (secondary N) is 1. The van der Waals surface area contributed by atoms with Gasteiger partial charge in [-0.25, -0.2) is 14.4 Å². The van der Waals surface area contributed by atoms with Crippen LogP contribution in [0, 0.1) is 5.82 Å². The van der Waals surface area contributed by atoms with Crippen LogP contribution in [0.25, 0.3) is 32.8 Å². The maximum atomic E-state index is 13.2. The van der Waals surface area contributed by atoms with Crippen LogP contribution in [-0.4, -0.2) is 16.0 Å². The van der Waals surface area contributed by atoms with E-state index in [-0.39, 0.29) is 5.82 Å². The Morgan fingerprint density at radius 3 is 2.68 bits per heavy atom. The van der Waals surface area contributed by atoms with Crippen molar-refractivity contribution in [2.45, 2.75) is 18.9 Å². The van der Waals surface area contributed by atoms with E-state index in [0.29, 0.717) is 17.5 Å². The van der Waals surface area contributed by atoms with E-state index in [4.69, 9.17) is 4.42 Å². The minimum absolute atomic E-state index is 0.268. The number of rotatable bonds is 4. The number of fused-ring (bicyclic) bond motifs is 1. The zero-order valence-electron chi connectivity index (χ0n) is 13.2. The van der Waals surface area contributed by atoms with Crippen LogP contribution in [0.15, 0.2) is 53.3 Å². The fourth-order valence-electron chi connectivity index (χ4n) is 2.79. The highest BCUT2D eigenvalue weighted by Gasteiger charge is 2.22. The molecule has 124 valence electrons. The molecule has 1 aliphatic rings. The summed E-state index contributed by atoms with van der Waals surface area (Å²) in [6.07, 6.45) is 3.87. The first kappa shape index (κ1) is 14.6. The van der Waals surface area contributed by atoms with E-state index in [1.807, 2.05) is 12.1 Å². The van der Waals surface area contributed by atoms with Crippen LogP contribution in [0.2, 0.25) is 0 Å². The maximum Gasteiger partial charge on any atom is 0.184 e. The Morgan fingerprint density at radius 2 is 1.88 bits per heavy atom. The van der Waals surface area contributed by atoms with Crippen LogP contribution in [0.3, 0.4) is 0 Å². The highest BCUT2D eigenvalue weighted by Crippen LogP contribution is 2.36. The summed E-state index contributed by atoms with van der Waals surface area (Å²) < 4.78 is 19.9. The van der Waals surface area contributed by atoms with E-state index in [2.05, 4.69) is 21.4 Å². The molecule has 2 aromatic carbocycles. The van der Waals surface area contributed by atoms with E-state index < -0.39 is 0 Å². The van der Waals surface area contributed by atoms with Gasteiger partial charge in [-0.05, 0) is 55.3 Å². The molecule has 0 spiro atoms. The number of anilines is 1. The molecule has 0 saturated heterocycles. The molecule has 25 heavy (non-hydrogen) atoms. The maximum absolute atomic E-state index is 13.2. The number of hydrogen-bond donors (Lipinski definition) is 1. The van der Waals surface area contributed by atoms with Crippen molar-refractivity contribution in [3.8, 4) is 22.6 Å². The zero-order chi connectivity index (χ0) is 16.8. The highest BCUT2D eigenvalue weighted by molar-refractivity contribution is 7.22. The minimum atomic E-state index is -0.268. The third-order valence-electron chi connectivity index (χ3n) is 4.24. The fraction of sp³-hybridized carbons (Fsp3) is 0.158. The Balaban J connectivity index is 1.54. The molecule has 4 nitrogen and oxygen atoms in total. The van der Waals surface area contributed by atoms with E-state index in [0.717, 1.165) is 26.5 Å². The summed E-state index contributed by atoms with van der Waals surface area (Å²) in [4.78, 5) is 8.94. The van der Waals surface area contributed by atoms with Crippen LogP contribution in [0.5, 0.6) is 0 Å². The molecule has 1 aliphatic carbocycles. The third kappa shape index (κ3) is 2.78. The lowest BCUT2D eigenvalue weighted by Crippen LogP contribution is -1.99. The lowest BCUT2D eigenvalue weighted by Gasteiger charge is -2.02. The van der Waals surface area contributed by atoms with Gasteiger partial charge in [0.2, 0.25) is 0 Å². The molecule has 0 atom stereocenters. The summed E-state index contributed by atoms with van der Waals surface area (Å²) >= 11 is 1.65. The lowest BCUT2D eigenvalue weighted by atomic mass is 10.1. The average Bonchev–Trinajstić information content (AvgIpc) is 3.14. The molecule has 1 fully saturated rings. The zero-order valence-corrected chi connectivity index (χ0v) is 14.0. The van der Waals surface area contributed by atoms with Crippen LogP contribution in [0.4, 0.5) is 9.52 Å². The quantitative estimate of drug-likeness (QED) is 0.540. The number of benzene rings is 2. The third-order valence-corrected chi connectivity index (χ3v) is 5.19. The second kappa shape index (κ2) is 5.67. The second-order valence-electron chi connectivity index (χ2n) is 6.16. The Kier molecular flexibility index (Phi) is 3.31. The standard InChI is InChI=1S/C19H14FN3OS/c20-13-4-1-11(2-5-13)17-18(24-10-21-17)12-3-8-15-16(9-12)25-19(23-15)22-14-6-7-14/h1-5,8-10,14H,6-7H2,(H,22,23). The number of hydrogen-bond acceptors (Lipinski definition) is 5. The highest BCUT2D eigenvalue weighted by atomic mass is 32.1. The van der Waals surface area contributed by atoms with Crippen molar-refractivity contribution in [3.63, 3.8) is 0 Å². The van der Waals surface area contributed by atoms with E-state index in [1.54, 1.807) is 23.5 Å². The summed E-state index contributed by atoms with van der Waals surface area (Å²) in [6.45, 7) is 0. The van der Waals surface area contributed by atoms with Crippen LogP contribution >= 0.6 is 11.3 Å². The van der Waals surface area contributed by atoms with Gasteiger partial charge in [0.25, 0.3) is 0 Å². The van der Waals surface area contributed by atoms with Gasteiger partial charge in [0.05, 0.1) is 10.2 Å². The molecule has 5 rings (SSSR count). The Hall–Kier alpha value is -2.73. The van der Waals surface area contributed by atoms with E-state index in [9.17, 15) is 4.39 Å². The summed E-state index contributed by atoms with van der Waals surface area (Å²) in [5.41, 5.74) is 3.44. The predicted octanol–water partition coefficient (Wildman–Crippen LogP) is 5.33. The lowest BCUT2D eigenvalue weighted by molar-refractivity contribution is 0.572. The van der Waals surface area contributed by atoms with Gasteiger partial charge in [0.1, 0.15) is 11.5 Å². The van der Waals surface area contributed by atoms with Gasteiger partial charge in [-0.1, -0.05) is 11.3 Å². The molecule has 0 unspecified atom stereocenters. The normalized spacial score (nSPS) is 14.1.